The van der Waals surface area contributed by atoms with Crippen molar-refractivity contribution >= 4 is 22.8 Å². The summed E-state index contributed by atoms with van der Waals surface area (Å²) in [6.45, 7) is 1.44. The van der Waals surface area contributed by atoms with Crippen LogP contribution in [0, 0.1) is 0 Å². The van der Waals surface area contributed by atoms with Gasteiger partial charge >= 0.3 is 0 Å². The number of rotatable bonds is 6. The number of carbonyl (C=O) groups is 1. The second-order valence-corrected chi connectivity index (χ2v) is 8.65. The third kappa shape index (κ3) is 3.30. The van der Waals surface area contributed by atoms with Crippen LogP contribution in [0.3, 0.4) is 0 Å². The van der Waals surface area contributed by atoms with Gasteiger partial charge in [0.1, 0.15) is 28.6 Å². The summed E-state index contributed by atoms with van der Waals surface area (Å²) in [5.41, 5.74) is 3.18. The van der Waals surface area contributed by atoms with Gasteiger partial charge in [0.2, 0.25) is 5.78 Å². The van der Waals surface area contributed by atoms with Crippen LogP contribution in [0.4, 0.5) is 0 Å². The molecule has 0 spiro atoms. The molecule has 0 atom stereocenters. The summed E-state index contributed by atoms with van der Waals surface area (Å²) >= 11 is 0. The van der Waals surface area contributed by atoms with Crippen molar-refractivity contribution in [2.45, 2.75) is 31.8 Å². The normalized spacial score (nSPS) is 16.3. The van der Waals surface area contributed by atoms with E-state index in [1.807, 2.05) is 35.1 Å². The largest absolute Gasteiger partial charge is 0.508 e. The van der Waals surface area contributed by atoms with Crippen molar-refractivity contribution in [3.8, 4) is 23.0 Å². The van der Waals surface area contributed by atoms with E-state index in [-0.39, 0.29) is 28.6 Å². The van der Waals surface area contributed by atoms with Gasteiger partial charge in [-0.1, -0.05) is 0 Å². The van der Waals surface area contributed by atoms with Crippen LogP contribution in [0.2, 0.25) is 0 Å². The molecule has 8 nitrogen and oxygen atoms in total. The van der Waals surface area contributed by atoms with Crippen LogP contribution < -0.4 is 9.47 Å². The zero-order valence-electron chi connectivity index (χ0n) is 18.6. The second-order valence-electron chi connectivity index (χ2n) is 8.65. The SMILES string of the molecule is COc1ccc2c(c1)c(/C=C1\Oc3cc(O)cc(O)c3C1=O)c(C1CC1)n2CCn1cccn1. The number of hydrogen-bond donors (Lipinski definition) is 2. The first kappa shape index (κ1) is 20.4. The number of aromatic hydroxyl groups is 2. The molecule has 1 saturated carbocycles. The van der Waals surface area contributed by atoms with Gasteiger partial charge in [0.25, 0.3) is 0 Å². The Bertz CT molecular complexity index is 1460. The Hall–Kier alpha value is -4.20. The second kappa shape index (κ2) is 7.69. The molecule has 2 N–H and O–H groups in total. The Labute approximate surface area is 195 Å². The fourth-order valence-corrected chi connectivity index (χ4v) is 4.74. The van der Waals surface area contributed by atoms with Crippen molar-refractivity contribution in [1.29, 1.82) is 0 Å². The number of allylic oxidation sites excluding steroid dienone is 1. The van der Waals surface area contributed by atoms with Crippen LogP contribution in [0.5, 0.6) is 23.0 Å². The maximum Gasteiger partial charge on any atom is 0.235 e. The third-order valence-electron chi connectivity index (χ3n) is 6.44. The molecule has 2 aromatic carbocycles. The number of nitrogens with zero attached hydrogens (tertiary/aromatic N) is 3. The van der Waals surface area contributed by atoms with Gasteiger partial charge in [-0.2, -0.15) is 5.10 Å². The Kier molecular flexibility index (Phi) is 4.62. The molecule has 172 valence electrons. The molecular weight excluding hydrogens is 434 g/mol. The molecule has 3 heterocycles. The van der Waals surface area contributed by atoms with E-state index in [0.717, 1.165) is 53.4 Å². The topological polar surface area (TPSA) is 98.7 Å². The van der Waals surface area contributed by atoms with E-state index in [0.29, 0.717) is 12.5 Å². The van der Waals surface area contributed by atoms with Crippen LogP contribution in [0.15, 0.2) is 54.6 Å². The lowest BCUT2D eigenvalue weighted by atomic mass is 10.0. The van der Waals surface area contributed by atoms with Gasteiger partial charge in [-0.3, -0.25) is 9.48 Å². The van der Waals surface area contributed by atoms with Gasteiger partial charge < -0.3 is 24.3 Å². The maximum atomic E-state index is 13.1. The minimum atomic E-state index is -0.408. The Morgan fingerprint density at radius 1 is 1.21 bits per heavy atom. The van der Waals surface area contributed by atoms with Crippen LogP contribution in [-0.2, 0) is 13.1 Å². The van der Waals surface area contributed by atoms with Crippen LogP contribution in [0.1, 0.15) is 40.4 Å². The molecule has 0 saturated heterocycles. The first-order valence-corrected chi connectivity index (χ1v) is 11.2. The first-order chi connectivity index (χ1) is 16.5. The molecular formula is C26H23N3O5. The number of phenolic OH excluding ortho intramolecular Hbond substituents is 2. The molecule has 0 amide bonds. The summed E-state index contributed by atoms with van der Waals surface area (Å²) < 4.78 is 15.5. The van der Waals surface area contributed by atoms with Crippen LogP contribution in [0.25, 0.3) is 17.0 Å². The molecule has 1 aliphatic carbocycles. The van der Waals surface area contributed by atoms with E-state index in [9.17, 15) is 15.0 Å². The third-order valence-corrected chi connectivity index (χ3v) is 6.44. The number of fused-ring (bicyclic) bond motifs is 2. The highest BCUT2D eigenvalue weighted by atomic mass is 16.5. The molecule has 2 aliphatic rings. The minimum absolute atomic E-state index is 0.0667. The van der Waals surface area contributed by atoms with E-state index < -0.39 is 5.78 Å². The summed E-state index contributed by atoms with van der Waals surface area (Å²) in [6.07, 6.45) is 7.63. The number of aromatic nitrogens is 3. The summed E-state index contributed by atoms with van der Waals surface area (Å²) in [4.78, 5) is 13.1. The highest BCUT2D eigenvalue weighted by Gasteiger charge is 2.35. The fourth-order valence-electron chi connectivity index (χ4n) is 4.74. The highest BCUT2D eigenvalue weighted by molar-refractivity contribution is 6.17. The number of methoxy groups -OCH3 is 1. The van der Waals surface area contributed by atoms with Crippen LogP contribution >= 0.6 is 0 Å². The van der Waals surface area contributed by atoms with E-state index in [4.69, 9.17) is 9.47 Å². The molecule has 2 aromatic heterocycles. The van der Waals surface area contributed by atoms with Crippen molar-refractivity contribution in [3.63, 3.8) is 0 Å². The van der Waals surface area contributed by atoms with Crippen molar-refractivity contribution < 1.29 is 24.5 Å². The molecule has 0 unspecified atom stereocenters. The zero-order chi connectivity index (χ0) is 23.4. The number of hydrogen-bond acceptors (Lipinski definition) is 6. The van der Waals surface area contributed by atoms with Gasteiger partial charge in [0.15, 0.2) is 5.76 Å². The zero-order valence-corrected chi connectivity index (χ0v) is 18.6. The van der Waals surface area contributed by atoms with Gasteiger partial charge in [-0.15, -0.1) is 0 Å². The number of phenols is 2. The van der Waals surface area contributed by atoms with Crippen LogP contribution in [-0.4, -0.2) is 37.5 Å². The highest BCUT2D eigenvalue weighted by Crippen LogP contribution is 2.47. The van der Waals surface area contributed by atoms with E-state index in [1.54, 1.807) is 19.4 Å². The molecule has 8 heteroatoms. The lowest BCUT2D eigenvalue weighted by molar-refractivity contribution is 0.101. The number of carbonyl (C=O) groups excluding carboxylic acids is 1. The standard InChI is InChI=1S/C26H23N3O5/c1-33-17-5-6-20-18(13-17)19(14-23-26(32)24-21(31)11-16(30)12-22(24)34-23)25(15-3-4-15)29(20)10-9-28-8-2-7-27-28/h2,5-8,11-15,30-31H,3-4,9-10H2,1H3/b23-14-. The van der Waals surface area contributed by atoms with Gasteiger partial charge in [-0.25, -0.2) is 0 Å². The molecule has 0 bridgehead atoms. The number of Topliss-reactive ketones (excluding diaryl/α,β-unsaturated/α-hetero) is 1. The van der Waals surface area contributed by atoms with Gasteiger partial charge in [-0.05, 0) is 49.1 Å². The monoisotopic (exact) mass is 457 g/mol. The summed E-state index contributed by atoms with van der Waals surface area (Å²) in [5, 5.41) is 25.3. The van der Waals surface area contributed by atoms with Crippen molar-refractivity contribution in [1.82, 2.24) is 14.3 Å². The van der Waals surface area contributed by atoms with Crippen molar-refractivity contribution in [3.05, 3.63) is 71.4 Å². The number of aryl methyl sites for hydroxylation is 2. The average molecular weight is 457 g/mol. The average Bonchev–Trinajstić information content (AvgIpc) is 3.29. The quantitative estimate of drug-likeness (QED) is 0.415. The molecule has 0 radical (unpaired) electrons. The molecule has 1 fully saturated rings. The molecule has 34 heavy (non-hydrogen) atoms. The molecule has 4 aromatic rings. The van der Waals surface area contributed by atoms with Gasteiger partial charge in [0, 0.05) is 53.2 Å². The van der Waals surface area contributed by atoms with Crippen molar-refractivity contribution in [2.75, 3.05) is 7.11 Å². The maximum absolute atomic E-state index is 13.1. The Balaban J connectivity index is 1.51. The minimum Gasteiger partial charge on any atom is -0.508 e. The lowest BCUT2D eigenvalue weighted by Crippen LogP contribution is -2.10. The van der Waals surface area contributed by atoms with E-state index in [1.165, 1.54) is 6.07 Å². The number of ketones is 1. The van der Waals surface area contributed by atoms with E-state index in [2.05, 4.69) is 9.67 Å². The fraction of sp³-hybridized carbons (Fsp3) is 0.231. The molecule has 6 rings (SSSR count). The summed E-state index contributed by atoms with van der Waals surface area (Å²) in [7, 11) is 1.63. The predicted octanol–water partition coefficient (Wildman–Crippen LogP) is 4.45. The lowest BCUT2D eigenvalue weighted by Gasteiger charge is -2.11. The molecule has 1 aliphatic heterocycles. The van der Waals surface area contributed by atoms with Gasteiger partial charge in [0.05, 0.1) is 13.7 Å². The Morgan fingerprint density at radius 3 is 2.79 bits per heavy atom. The van der Waals surface area contributed by atoms with E-state index >= 15 is 0 Å². The number of benzene rings is 2. The Morgan fingerprint density at radius 2 is 2.06 bits per heavy atom. The predicted molar refractivity (Wildman–Crippen MR) is 125 cm³/mol. The smallest absolute Gasteiger partial charge is 0.235 e. The first-order valence-electron chi connectivity index (χ1n) is 11.2. The summed E-state index contributed by atoms with van der Waals surface area (Å²) in [5.74, 6) is 0.517. The van der Waals surface area contributed by atoms with Crippen molar-refractivity contribution in [2.24, 2.45) is 0 Å². The number of ether oxygens (including phenoxy) is 2. The summed E-state index contributed by atoms with van der Waals surface area (Å²) in [6, 6.07) is 10.4.